The Kier molecular flexibility index (Phi) is 5.86. The van der Waals surface area contributed by atoms with Crippen molar-refractivity contribution in [3.8, 4) is 5.69 Å². The standard InChI is InChI=1S/C16H11Cl3N4OS/c17-10-6-12(18)15(13(19)7-10)22-14(24)8-25-16-20-9-21-23(16)11-4-2-1-3-5-11/h1-7,9H,8H2,(H,22,24)/p+1. The lowest BCUT2D eigenvalue weighted by Gasteiger charge is -2.09. The van der Waals surface area contributed by atoms with Crippen LogP contribution in [0.5, 0.6) is 0 Å². The van der Waals surface area contributed by atoms with Gasteiger partial charge in [0, 0.05) is 5.02 Å². The summed E-state index contributed by atoms with van der Waals surface area (Å²) in [5.74, 6) is -0.105. The van der Waals surface area contributed by atoms with E-state index < -0.39 is 0 Å². The first-order chi connectivity index (χ1) is 12.0. The van der Waals surface area contributed by atoms with E-state index in [2.05, 4.69) is 15.4 Å². The Hall–Kier alpha value is -1.73. The van der Waals surface area contributed by atoms with Gasteiger partial charge in [-0.2, -0.15) is 5.10 Å². The lowest BCUT2D eigenvalue weighted by Crippen LogP contribution is -2.35. The van der Waals surface area contributed by atoms with Gasteiger partial charge < -0.3 is 5.32 Å². The molecule has 5 nitrogen and oxygen atoms in total. The number of halogens is 3. The van der Waals surface area contributed by atoms with Crippen LogP contribution in [0.2, 0.25) is 15.1 Å². The van der Waals surface area contributed by atoms with Gasteiger partial charge in [-0.3, -0.25) is 4.79 Å². The predicted octanol–water partition coefficient (Wildman–Crippen LogP) is 4.38. The van der Waals surface area contributed by atoms with Gasteiger partial charge in [0.25, 0.3) is 0 Å². The average Bonchev–Trinajstić information content (AvgIpc) is 3.05. The molecule has 0 unspecified atom stereocenters. The number of aromatic nitrogens is 3. The summed E-state index contributed by atoms with van der Waals surface area (Å²) in [5.41, 5.74) is 1.27. The number of para-hydroxylation sites is 1. The molecule has 9 heteroatoms. The van der Waals surface area contributed by atoms with E-state index in [0.717, 1.165) is 5.69 Å². The minimum absolute atomic E-state index is 0.146. The highest BCUT2D eigenvalue weighted by Gasteiger charge is 2.19. The summed E-state index contributed by atoms with van der Waals surface area (Å²) in [6.07, 6.45) is 1.57. The molecule has 3 aromatic rings. The third kappa shape index (κ3) is 4.46. The molecule has 3 rings (SSSR count). The lowest BCUT2D eigenvalue weighted by molar-refractivity contribution is -0.694. The van der Waals surface area contributed by atoms with Crippen LogP contribution in [-0.4, -0.2) is 21.7 Å². The summed E-state index contributed by atoms with van der Waals surface area (Å²) in [4.78, 5) is 16.5. The van der Waals surface area contributed by atoms with Gasteiger partial charge in [0.05, 0.1) is 21.5 Å². The number of rotatable bonds is 5. The normalized spacial score (nSPS) is 10.7. The van der Waals surface area contributed by atoms with Crippen molar-refractivity contribution in [3.63, 3.8) is 0 Å². The summed E-state index contributed by atoms with van der Waals surface area (Å²) in [5, 5.41) is 7.36. The van der Waals surface area contributed by atoms with E-state index in [0.29, 0.717) is 15.9 Å². The highest BCUT2D eigenvalue weighted by Crippen LogP contribution is 2.33. The summed E-state index contributed by atoms with van der Waals surface area (Å²) in [7, 11) is 0. The molecule has 0 bridgehead atoms. The molecule has 0 aliphatic rings. The minimum Gasteiger partial charge on any atom is -0.323 e. The first kappa shape index (κ1) is 18.1. The highest BCUT2D eigenvalue weighted by atomic mass is 35.5. The number of benzene rings is 2. The number of hydrogen-bond donors (Lipinski definition) is 2. The molecule has 0 atom stereocenters. The zero-order chi connectivity index (χ0) is 17.8. The second-order valence-electron chi connectivity index (χ2n) is 4.92. The van der Waals surface area contributed by atoms with Crippen molar-refractivity contribution >= 4 is 58.2 Å². The highest BCUT2D eigenvalue weighted by molar-refractivity contribution is 7.99. The average molecular weight is 415 g/mol. The van der Waals surface area contributed by atoms with Crippen molar-refractivity contribution in [2.45, 2.75) is 5.16 Å². The molecular formula is C16H12Cl3N4OS+. The number of amides is 1. The maximum atomic E-state index is 12.2. The largest absolute Gasteiger partial charge is 0.385 e. The van der Waals surface area contributed by atoms with Crippen LogP contribution in [0.15, 0.2) is 53.9 Å². The maximum Gasteiger partial charge on any atom is 0.385 e. The molecule has 1 aromatic heterocycles. The van der Waals surface area contributed by atoms with Gasteiger partial charge in [0.15, 0.2) is 5.69 Å². The molecular weight excluding hydrogens is 403 g/mol. The smallest absolute Gasteiger partial charge is 0.323 e. The Balaban J connectivity index is 1.67. The molecule has 2 aromatic carbocycles. The first-order valence-corrected chi connectivity index (χ1v) is 9.24. The van der Waals surface area contributed by atoms with Crippen LogP contribution in [0.4, 0.5) is 5.69 Å². The van der Waals surface area contributed by atoms with E-state index in [1.54, 1.807) is 11.0 Å². The van der Waals surface area contributed by atoms with Crippen molar-refractivity contribution in [1.82, 2.24) is 10.1 Å². The van der Waals surface area contributed by atoms with Gasteiger partial charge in [0.2, 0.25) is 12.2 Å². The van der Waals surface area contributed by atoms with Crippen LogP contribution in [0.25, 0.3) is 5.69 Å². The SMILES string of the molecule is O=C(CSc1nc[nH][n+]1-c1ccccc1)Nc1c(Cl)cc(Cl)cc1Cl. The summed E-state index contributed by atoms with van der Waals surface area (Å²) < 4.78 is 1.79. The number of carbonyl (C=O) groups is 1. The number of thioether (sulfide) groups is 1. The third-order valence-corrected chi connectivity index (χ3v) is 4.94. The Morgan fingerprint density at radius 1 is 1.16 bits per heavy atom. The van der Waals surface area contributed by atoms with E-state index >= 15 is 0 Å². The zero-order valence-electron chi connectivity index (χ0n) is 12.7. The molecule has 0 fully saturated rings. The van der Waals surface area contributed by atoms with Crippen molar-refractivity contribution in [1.29, 1.82) is 0 Å². The molecule has 0 radical (unpaired) electrons. The number of nitrogens with zero attached hydrogens (tertiary/aromatic N) is 2. The van der Waals surface area contributed by atoms with Crippen LogP contribution in [0.3, 0.4) is 0 Å². The predicted molar refractivity (Wildman–Crippen MR) is 101 cm³/mol. The van der Waals surface area contributed by atoms with Crippen LogP contribution < -0.4 is 10.00 Å². The fourth-order valence-corrected chi connectivity index (χ4v) is 3.74. The molecule has 0 aliphatic carbocycles. The molecule has 25 heavy (non-hydrogen) atoms. The van der Waals surface area contributed by atoms with Gasteiger partial charge in [-0.1, -0.05) is 53.0 Å². The second-order valence-corrected chi connectivity index (χ2v) is 7.12. The summed E-state index contributed by atoms with van der Waals surface area (Å²) >= 11 is 19.3. The third-order valence-electron chi connectivity index (χ3n) is 3.17. The first-order valence-electron chi connectivity index (χ1n) is 7.12. The molecule has 0 saturated heterocycles. The van der Waals surface area contributed by atoms with Gasteiger partial charge >= 0.3 is 5.16 Å². The second kappa shape index (κ2) is 8.10. The molecule has 128 valence electrons. The fourth-order valence-electron chi connectivity index (χ4n) is 2.09. The molecule has 1 heterocycles. The van der Waals surface area contributed by atoms with E-state index in [-0.39, 0.29) is 21.7 Å². The number of anilines is 1. The number of nitrogens with one attached hydrogen (secondary N) is 2. The molecule has 0 spiro atoms. The fraction of sp³-hybridized carbons (Fsp3) is 0.0625. The van der Waals surface area contributed by atoms with Crippen LogP contribution in [0, 0.1) is 0 Å². The van der Waals surface area contributed by atoms with E-state index in [1.807, 2.05) is 30.3 Å². The number of aromatic amines is 1. The van der Waals surface area contributed by atoms with Crippen molar-refractivity contribution in [2.24, 2.45) is 0 Å². The molecule has 1 amide bonds. The van der Waals surface area contributed by atoms with Crippen molar-refractivity contribution in [3.05, 3.63) is 63.9 Å². The number of hydrogen-bond acceptors (Lipinski definition) is 3. The topological polar surface area (TPSA) is 61.7 Å². The maximum absolute atomic E-state index is 12.2. The Morgan fingerprint density at radius 3 is 2.52 bits per heavy atom. The van der Waals surface area contributed by atoms with Crippen LogP contribution in [-0.2, 0) is 4.79 Å². The Bertz CT molecular complexity index is 878. The quantitative estimate of drug-likeness (QED) is 0.481. The Labute approximate surface area is 163 Å². The lowest BCUT2D eigenvalue weighted by atomic mass is 10.3. The van der Waals surface area contributed by atoms with Gasteiger partial charge in [-0.05, 0) is 41.0 Å². The van der Waals surface area contributed by atoms with E-state index in [4.69, 9.17) is 34.8 Å². The molecule has 2 N–H and O–H groups in total. The molecule has 0 aliphatic heterocycles. The van der Waals surface area contributed by atoms with Crippen molar-refractivity contribution < 1.29 is 9.48 Å². The summed E-state index contributed by atoms with van der Waals surface area (Å²) in [6.45, 7) is 0. The van der Waals surface area contributed by atoms with E-state index in [9.17, 15) is 4.79 Å². The number of carbonyl (C=O) groups excluding carboxylic acids is 1. The summed E-state index contributed by atoms with van der Waals surface area (Å²) in [6, 6.07) is 12.7. The zero-order valence-corrected chi connectivity index (χ0v) is 15.8. The monoisotopic (exact) mass is 413 g/mol. The van der Waals surface area contributed by atoms with E-state index in [1.165, 1.54) is 23.9 Å². The minimum atomic E-state index is -0.251. The number of H-pyrrole nitrogens is 1. The van der Waals surface area contributed by atoms with Gasteiger partial charge in [0.1, 0.15) is 0 Å². The van der Waals surface area contributed by atoms with Crippen LogP contribution >= 0.6 is 46.6 Å². The Morgan fingerprint density at radius 2 is 1.84 bits per heavy atom. The van der Waals surface area contributed by atoms with Crippen molar-refractivity contribution in [2.75, 3.05) is 11.1 Å². The van der Waals surface area contributed by atoms with Crippen LogP contribution in [0.1, 0.15) is 0 Å². The molecule has 0 saturated carbocycles. The van der Waals surface area contributed by atoms with Gasteiger partial charge in [-0.15, -0.1) is 4.68 Å². The van der Waals surface area contributed by atoms with Gasteiger partial charge in [-0.25, -0.2) is 0 Å².